The van der Waals surface area contributed by atoms with Crippen molar-refractivity contribution >= 4 is 11.7 Å². The van der Waals surface area contributed by atoms with Crippen molar-refractivity contribution in [2.75, 3.05) is 11.9 Å². The van der Waals surface area contributed by atoms with E-state index in [1.807, 2.05) is 12.1 Å². The van der Waals surface area contributed by atoms with Crippen molar-refractivity contribution in [2.24, 2.45) is 5.41 Å². The zero-order valence-electron chi connectivity index (χ0n) is 10.0. The first-order valence-electron chi connectivity index (χ1n) is 5.44. The summed E-state index contributed by atoms with van der Waals surface area (Å²) in [5, 5.41) is 20.9. The number of carboxylic acids is 1. The molecule has 0 unspecified atom stereocenters. The molecule has 0 aliphatic heterocycles. The summed E-state index contributed by atoms with van der Waals surface area (Å²) in [4.78, 5) is 10.9. The molecule has 17 heavy (non-hydrogen) atoms. The van der Waals surface area contributed by atoms with Crippen LogP contribution >= 0.6 is 0 Å². The summed E-state index contributed by atoms with van der Waals surface area (Å²) in [5.41, 5.74) is 0.561. The summed E-state index contributed by atoms with van der Waals surface area (Å²) in [7, 11) is 0. The Labute approximate surface area is 101 Å². The van der Waals surface area contributed by atoms with Gasteiger partial charge in [0.05, 0.1) is 16.7 Å². The number of anilines is 1. The lowest BCUT2D eigenvalue weighted by molar-refractivity contribution is -0.147. The normalized spacial score (nSPS) is 10.6. The fourth-order valence-electron chi connectivity index (χ4n) is 1.35. The molecule has 0 spiro atoms. The summed E-state index contributed by atoms with van der Waals surface area (Å²) >= 11 is 0. The molecule has 0 fully saturated rings. The number of benzene rings is 1. The van der Waals surface area contributed by atoms with E-state index >= 15 is 0 Å². The van der Waals surface area contributed by atoms with Gasteiger partial charge in [0.15, 0.2) is 0 Å². The van der Waals surface area contributed by atoms with Crippen LogP contribution in [0, 0.1) is 16.7 Å². The van der Waals surface area contributed by atoms with E-state index in [0.29, 0.717) is 18.5 Å². The number of carboxylic acid groups (broad SMARTS) is 1. The zero-order valence-corrected chi connectivity index (χ0v) is 10.0. The molecule has 4 nitrogen and oxygen atoms in total. The van der Waals surface area contributed by atoms with E-state index in [9.17, 15) is 4.79 Å². The lowest BCUT2D eigenvalue weighted by Gasteiger charge is -2.19. The number of rotatable bonds is 5. The van der Waals surface area contributed by atoms with Crippen LogP contribution in [-0.4, -0.2) is 17.6 Å². The van der Waals surface area contributed by atoms with Crippen molar-refractivity contribution in [1.82, 2.24) is 0 Å². The zero-order chi connectivity index (χ0) is 12.9. The summed E-state index contributed by atoms with van der Waals surface area (Å²) in [6.07, 6.45) is 0.502. The molecule has 0 aliphatic rings. The number of aliphatic carboxylic acids is 1. The second-order valence-electron chi connectivity index (χ2n) is 4.52. The molecule has 0 radical (unpaired) electrons. The summed E-state index contributed by atoms with van der Waals surface area (Å²) in [6.45, 7) is 3.90. The van der Waals surface area contributed by atoms with Crippen molar-refractivity contribution < 1.29 is 9.90 Å². The molecule has 2 N–H and O–H groups in total. The molecule has 0 saturated heterocycles. The van der Waals surface area contributed by atoms with Crippen LogP contribution in [0.15, 0.2) is 24.3 Å². The standard InChI is InChI=1S/C13H16N2O2/c1-13(2,12(16)17)7-8-15-11-6-4-3-5-10(11)9-14/h3-6,15H,7-8H2,1-2H3,(H,16,17). The highest BCUT2D eigenvalue weighted by molar-refractivity contribution is 5.73. The largest absolute Gasteiger partial charge is 0.481 e. The molecule has 1 aromatic rings. The third-order valence-corrected chi connectivity index (χ3v) is 2.69. The van der Waals surface area contributed by atoms with Gasteiger partial charge in [-0.1, -0.05) is 12.1 Å². The predicted octanol–water partition coefficient (Wildman–Crippen LogP) is 2.47. The maximum Gasteiger partial charge on any atom is 0.309 e. The number of nitriles is 1. The summed E-state index contributed by atoms with van der Waals surface area (Å²) in [6, 6.07) is 9.26. The molecular weight excluding hydrogens is 216 g/mol. The molecule has 0 saturated carbocycles. The van der Waals surface area contributed by atoms with E-state index in [-0.39, 0.29) is 0 Å². The number of carbonyl (C=O) groups is 1. The van der Waals surface area contributed by atoms with Crippen LogP contribution < -0.4 is 5.32 Å². The fraction of sp³-hybridized carbons (Fsp3) is 0.385. The quantitative estimate of drug-likeness (QED) is 0.817. The van der Waals surface area contributed by atoms with Gasteiger partial charge in [-0.25, -0.2) is 0 Å². The van der Waals surface area contributed by atoms with E-state index in [2.05, 4.69) is 11.4 Å². The molecule has 0 atom stereocenters. The van der Waals surface area contributed by atoms with Gasteiger partial charge in [-0.2, -0.15) is 5.26 Å². The van der Waals surface area contributed by atoms with Crippen molar-refractivity contribution in [3.8, 4) is 6.07 Å². The minimum atomic E-state index is -0.812. The van der Waals surface area contributed by atoms with Crippen molar-refractivity contribution in [1.29, 1.82) is 5.26 Å². The molecule has 4 heteroatoms. The van der Waals surface area contributed by atoms with Gasteiger partial charge >= 0.3 is 5.97 Å². The Kier molecular flexibility index (Phi) is 4.11. The minimum Gasteiger partial charge on any atom is -0.481 e. The van der Waals surface area contributed by atoms with Crippen LogP contribution in [-0.2, 0) is 4.79 Å². The highest BCUT2D eigenvalue weighted by atomic mass is 16.4. The molecule has 90 valence electrons. The SMILES string of the molecule is CC(C)(CCNc1ccccc1C#N)C(=O)O. The second-order valence-corrected chi connectivity index (χ2v) is 4.52. The van der Waals surface area contributed by atoms with Gasteiger partial charge in [0, 0.05) is 6.54 Å². The molecule has 0 amide bonds. The van der Waals surface area contributed by atoms with Gasteiger partial charge in [0.1, 0.15) is 6.07 Å². The molecule has 0 bridgehead atoms. The Morgan fingerprint density at radius 2 is 2.12 bits per heavy atom. The van der Waals surface area contributed by atoms with Gasteiger partial charge in [0.25, 0.3) is 0 Å². The van der Waals surface area contributed by atoms with Gasteiger partial charge in [-0.15, -0.1) is 0 Å². The van der Waals surface area contributed by atoms with Gasteiger partial charge in [-0.05, 0) is 32.4 Å². The Balaban J connectivity index is 2.58. The molecule has 0 aliphatic carbocycles. The predicted molar refractivity (Wildman–Crippen MR) is 65.7 cm³/mol. The van der Waals surface area contributed by atoms with Crippen LogP contribution in [0.25, 0.3) is 0 Å². The first-order valence-corrected chi connectivity index (χ1v) is 5.44. The van der Waals surface area contributed by atoms with Crippen LogP contribution in [0.4, 0.5) is 5.69 Å². The number of nitrogens with one attached hydrogen (secondary N) is 1. The molecule has 0 aromatic heterocycles. The van der Waals surface area contributed by atoms with E-state index < -0.39 is 11.4 Å². The maximum atomic E-state index is 10.9. The average Bonchev–Trinajstić information content (AvgIpc) is 2.29. The van der Waals surface area contributed by atoms with Crippen LogP contribution in [0.3, 0.4) is 0 Å². The molecule has 1 aromatic carbocycles. The lowest BCUT2D eigenvalue weighted by atomic mass is 9.89. The maximum absolute atomic E-state index is 10.9. The molecule has 1 rings (SSSR count). The fourth-order valence-corrected chi connectivity index (χ4v) is 1.35. The Bertz CT molecular complexity index is 447. The first-order chi connectivity index (χ1) is 7.97. The van der Waals surface area contributed by atoms with E-state index in [0.717, 1.165) is 5.69 Å². The average molecular weight is 232 g/mol. The van der Waals surface area contributed by atoms with Crippen LogP contribution in [0.2, 0.25) is 0 Å². The van der Waals surface area contributed by atoms with Gasteiger partial charge < -0.3 is 10.4 Å². The minimum absolute atomic E-state index is 0.502. The molecule has 0 heterocycles. The van der Waals surface area contributed by atoms with Gasteiger partial charge in [0.2, 0.25) is 0 Å². The smallest absolute Gasteiger partial charge is 0.309 e. The van der Waals surface area contributed by atoms with Crippen molar-refractivity contribution in [3.05, 3.63) is 29.8 Å². The number of para-hydroxylation sites is 1. The lowest BCUT2D eigenvalue weighted by Crippen LogP contribution is -2.26. The summed E-state index contributed by atoms with van der Waals surface area (Å²) in [5.74, 6) is -0.812. The Morgan fingerprint density at radius 1 is 1.47 bits per heavy atom. The third kappa shape index (κ3) is 3.49. The van der Waals surface area contributed by atoms with Gasteiger partial charge in [-0.3, -0.25) is 4.79 Å². The number of nitrogens with zero attached hydrogens (tertiary/aromatic N) is 1. The highest BCUT2D eigenvalue weighted by Crippen LogP contribution is 2.21. The number of hydrogen-bond donors (Lipinski definition) is 2. The topological polar surface area (TPSA) is 73.1 Å². The third-order valence-electron chi connectivity index (χ3n) is 2.69. The van der Waals surface area contributed by atoms with E-state index in [1.54, 1.807) is 26.0 Å². The number of hydrogen-bond acceptors (Lipinski definition) is 3. The van der Waals surface area contributed by atoms with E-state index in [4.69, 9.17) is 10.4 Å². The monoisotopic (exact) mass is 232 g/mol. The van der Waals surface area contributed by atoms with Crippen molar-refractivity contribution in [2.45, 2.75) is 20.3 Å². The highest BCUT2D eigenvalue weighted by Gasteiger charge is 2.26. The van der Waals surface area contributed by atoms with Crippen LogP contribution in [0.5, 0.6) is 0 Å². The Hall–Kier alpha value is -2.02. The van der Waals surface area contributed by atoms with Crippen LogP contribution in [0.1, 0.15) is 25.8 Å². The summed E-state index contributed by atoms with van der Waals surface area (Å²) < 4.78 is 0. The first kappa shape index (κ1) is 13.0. The Morgan fingerprint density at radius 3 is 2.71 bits per heavy atom. The second kappa shape index (κ2) is 5.35. The molecular formula is C13H16N2O2. The van der Waals surface area contributed by atoms with Crippen molar-refractivity contribution in [3.63, 3.8) is 0 Å². The van der Waals surface area contributed by atoms with E-state index in [1.165, 1.54) is 0 Å².